The average Bonchev–Trinajstić information content (AvgIpc) is 2.97. The number of esters is 1. The van der Waals surface area contributed by atoms with Crippen LogP contribution in [0.3, 0.4) is 0 Å². The number of ether oxygens (including phenoxy) is 1. The zero-order chi connectivity index (χ0) is 18.4. The standard InChI is InChI=1S/C20H16N2O4/c1-11(2)26-20(24)15-14-9-5-6-10-22(14)18-16(15)17(21-25)12-7-3-4-8-13(12)19(18)23/h3-11,23H,1-2H3. The van der Waals surface area contributed by atoms with Gasteiger partial charge in [-0.25, -0.2) is 4.79 Å². The SMILES string of the molecule is CC(C)OC(=O)c1c2c(N=O)c3ccccc3c(O)c2n2ccccc12. The largest absolute Gasteiger partial charge is 0.505 e. The first-order chi connectivity index (χ1) is 12.5. The molecule has 6 nitrogen and oxygen atoms in total. The summed E-state index contributed by atoms with van der Waals surface area (Å²) in [6.07, 6.45) is 1.41. The van der Waals surface area contributed by atoms with E-state index in [1.165, 1.54) is 0 Å². The van der Waals surface area contributed by atoms with Crippen molar-refractivity contribution in [3.8, 4) is 5.75 Å². The number of rotatable bonds is 3. The minimum atomic E-state index is -0.557. The minimum Gasteiger partial charge on any atom is -0.505 e. The van der Waals surface area contributed by atoms with Crippen LogP contribution < -0.4 is 0 Å². The second kappa shape index (κ2) is 5.84. The van der Waals surface area contributed by atoms with E-state index in [0.29, 0.717) is 27.2 Å². The van der Waals surface area contributed by atoms with Crippen LogP contribution in [0.4, 0.5) is 5.69 Å². The van der Waals surface area contributed by atoms with Crippen molar-refractivity contribution >= 4 is 38.8 Å². The van der Waals surface area contributed by atoms with Gasteiger partial charge in [0.15, 0.2) is 0 Å². The molecule has 0 saturated carbocycles. The van der Waals surface area contributed by atoms with E-state index in [4.69, 9.17) is 4.74 Å². The fourth-order valence-corrected chi connectivity index (χ4v) is 3.40. The van der Waals surface area contributed by atoms with Gasteiger partial charge in [-0.3, -0.25) is 0 Å². The van der Waals surface area contributed by atoms with Crippen molar-refractivity contribution in [3.63, 3.8) is 0 Å². The molecular formula is C20H16N2O4. The Morgan fingerprint density at radius 1 is 1.12 bits per heavy atom. The van der Waals surface area contributed by atoms with E-state index < -0.39 is 5.97 Å². The van der Waals surface area contributed by atoms with E-state index in [2.05, 4.69) is 5.18 Å². The van der Waals surface area contributed by atoms with Gasteiger partial charge in [0.1, 0.15) is 11.4 Å². The third-order valence-electron chi connectivity index (χ3n) is 4.38. The van der Waals surface area contributed by atoms with Gasteiger partial charge in [0.25, 0.3) is 0 Å². The number of hydrogen-bond acceptors (Lipinski definition) is 5. The number of benzene rings is 2. The summed E-state index contributed by atoms with van der Waals surface area (Å²) in [4.78, 5) is 24.5. The fourth-order valence-electron chi connectivity index (χ4n) is 3.40. The molecule has 0 amide bonds. The molecule has 0 aliphatic carbocycles. The molecule has 0 unspecified atom stereocenters. The Morgan fingerprint density at radius 3 is 2.50 bits per heavy atom. The highest BCUT2D eigenvalue weighted by molar-refractivity contribution is 6.23. The van der Waals surface area contributed by atoms with E-state index >= 15 is 0 Å². The maximum atomic E-state index is 12.8. The molecule has 2 heterocycles. The predicted molar refractivity (Wildman–Crippen MR) is 100 cm³/mol. The highest BCUT2D eigenvalue weighted by Crippen LogP contribution is 2.45. The first kappa shape index (κ1) is 16.1. The molecule has 130 valence electrons. The Kier molecular flexibility index (Phi) is 3.61. The summed E-state index contributed by atoms with van der Waals surface area (Å²) in [6.45, 7) is 3.51. The number of carbonyl (C=O) groups excluding carboxylic acids is 1. The van der Waals surface area contributed by atoms with E-state index in [9.17, 15) is 14.8 Å². The van der Waals surface area contributed by atoms with Crippen molar-refractivity contribution in [2.75, 3.05) is 0 Å². The topological polar surface area (TPSA) is 80.4 Å². The monoisotopic (exact) mass is 348 g/mol. The minimum absolute atomic E-state index is 0.00667. The molecular weight excluding hydrogens is 332 g/mol. The van der Waals surface area contributed by atoms with E-state index in [1.807, 2.05) is 0 Å². The van der Waals surface area contributed by atoms with Gasteiger partial charge in [-0.2, -0.15) is 0 Å². The molecule has 26 heavy (non-hydrogen) atoms. The summed E-state index contributed by atoms with van der Waals surface area (Å²) in [5.74, 6) is -0.564. The van der Waals surface area contributed by atoms with E-state index in [1.54, 1.807) is 66.9 Å². The summed E-state index contributed by atoms with van der Waals surface area (Å²) in [7, 11) is 0. The van der Waals surface area contributed by atoms with Crippen LogP contribution in [0, 0.1) is 4.91 Å². The molecule has 4 aromatic rings. The lowest BCUT2D eigenvalue weighted by Gasteiger charge is -2.09. The maximum absolute atomic E-state index is 12.8. The number of carbonyl (C=O) groups is 1. The molecule has 6 heteroatoms. The molecule has 0 saturated heterocycles. The van der Waals surface area contributed by atoms with Crippen LogP contribution in [-0.2, 0) is 4.74 Å². The van der Waals surface area contributed by atoms with Crippen molar-refractivity contribution in [1.29, 1.82) is 0 Å². The number of pyridine rings is 1. The Hall–Kier alpha value is -3.41. The quantitative estimate of drug-likeness (QED) is 0.421. The molecule has 0 atom stereocenters. The van der Waals surface area contributed by atoms with Gasteiger partial charge in [0.05, 0.1) is 22.7 Å². The zero-order valence-corrected chi connectivity index (χ0v) is 14.3. The Balaban J connectivity index is 2.29. The number of fused-ring (bicyclic) bond motifs is 4. The van der Waals surface area contributed by atoms with Crippen LogP contribution in [0.1, 0.15) is 24.2 Å². The van der Waals surface area contributed by atoms with Crippen LogP contribution in [-0.4, -0.2) is 21.6 Å². The first-order valence-electron chi connectivity index (χ1n) is 8.25. The molecule has 0 aliphatic heterocycles. The van der Waals surface area contributed by atoms with Gasteiger partial charge in [-0.1, -0.05) is 30.3 Å². The lowest BCUT2D eigenvalue weighted by molar-refractivity contribution is 0.0382. The lowest BCUT2D eigenvalue weighted by atomic mass is 10.0. The number of aromatic nitrogens is 1. The third-order valence-corrected chi connectivity index (χ3v) is 4.38. The van der Waals surface area contributed by atoms with Gasteiger partial charge in [0, 0.05) is 22.4 Å². The Labute approximate surface area is 148 Å². The molecule has 4 rings (SSSR count). The van der Waals surface area contributed by atoms with Crippen molar-refractivity contribution in [3.05, 3.63) is 59.1 Å². The second-order valence-corrected chi connectivity index (χ2v) is 6.34. The van der Waals surface area contributed by atoms with Gasteiger partial charge in [-0.05, 0) is 31.2 Å². The van der Waals surface area contributed by atoms with Crippen molar-refractivity contribution in [1.82, 2.24) is 4.40 Å². The first-order valence-corrected chi connectivity index (χ1v) is 8.25. The van der Waals surface area contributed by atoms with Crippen LogP contribution in [0.15, 0.2) is 53.8 Å². The maximum Gasteiger partial charge on any atom is 0.341 e. The van der Waals surface area contributed by atoms with Crippen LogP contribution in [0.5, 0.6) is 5.75 Å². The smallest absolute Gasteiger partial charge is 0.341 e. The Bertz CT molecular complexity index is 1190. The number of hydrogen-bond donors (Lipinski definition) is 1. The molecule has 0 radical (unpaired) electrons. The number of phenolic OH excluding ortho intramolecular Hbond substituents is 1. The van der Waals surface area contributed by atoms with E-state index in [0.717, 1.165) is 0 Å². The fraction of sp³-hybridized carbons (Fsp3) is 0.150. The summed E-state index contributed by atoms with van der Waals surface area (Å²) in [5, 5.41) is 15.4. The number of nitrogens with zero attached hydrogens (tertiary/aromatic N) is 2. The number of aromatic hydroxyl groups is 1. The van der Waals surface area contributed by atoms with Crippen LogP contribution in [0.25, 0.3) is 27.2 Å². The zero-order valence-electron chi connectivity index (χ0n) is 14.3. The highest BCUT2D eigenvalue weighted by Gasteiger charge is 2.27. The van der Waals surface area contributed by atoms with Gasteiger partial charge in [-0.15, -0.1) is 4.91 Å². The Morgan fingerprint density at radius 2 is 1.81 bits per heavy atom. The molecule has 0 bridgehead atoms. The molecule has 0 fully saturated rings. The van der Waals surface area contributed by atoms with Gasteiger partial charge >= 0.3 is 5.97 Å². The highest BCUT2D eigenvalue weighted by atomic mass is 16.5. The summed E-state index contributed by atoms with van der Waals surface area (Å²) >= 11 is 0. The molecule has 2 aromatic heterocycles. The molecule has 2 aromatic carbocycles. The predicted octanol–water partition coefficient (Wildman–Crippen LogP) is 4.91. The summed E-state index contributed by atoms with van der Waals surface area (Å²) < 4.78 is 7.07. The molecule has 1 N–H and O–H groups in total. The number of phenols is 1. The molecule has 0 spiro atoms. The van der Waals surface area contributed by atoms with Crippen molar-refractivity contribution < 1.29 is 14.6 Å². The van der Waals surface area contributed by atoms with E-state index in [-0.39, 0.29) is 23.1 Å². The van der Waals surface area contributed by atoms with Gasteiger partial charge < -0.3 is 14.2 Å². The second-order valence-electron chi connectivity index (χ2n) is 6.34. The lowest BCUT2D eigenvalue weighted by Crippen LogP contribution is -2.11. The summed E-state index contributed by atoms with van der Waals surface area (Å²) in [5.41, 5.74) is 1.26. The third kappa shape index (κ3) is 2.15. The summed E-state index contributed by atoms with van der Waals surface area (Å²) in [6, 6.07) is 12.3. The normalized spacial score (nSPS) is 11.5. The van der Waals surface area contributed by atoms with Crippen LogP contribution in [0.2, 0.25) is 0 Å². The van der Waals surface area contributed by atoms with Gasteiger partial charge in [0.2, 0.25) is 0 Å². The van der Waals surface area contributed by atoms with Crippen LogP contribution >= 0.6 is 0 Å². The average molecular weight is 348 g/mol. The van der Waals surface area contributed by atoms with Crippen molar-refractivity contribution in [2.24, 2.45) is 5.18 Å². The molecule has 0 aliphatic rings. The van der Waals surface area contributed by atoms with Crippen molar-refractivity contribution in [2.45, 2.75) is 20.0 Å². The number of nitroso groups, excluding NO2 is 1.